The van der Waals surface area contributed by atoms with E-state index in [1.54, 1.807) is 0 Å². The number of nitrogens with two attached hydrogens (primary N) is 1. The van der Waals surface area contributed by atoms with Gasteiger partial charge in [-0.05, 0) is 6.42 Å². The first-order valence-electron chi connectivity index (χ1n) is 1.80. The maximum Gasteiger partial charge on any atom is 0.103 e. The number of rotatable bonds is 1. The molecule has 0 fully saturated rings. The van der Waals surface area contributed by atoms with Crippen molar-refractivity contribution in [2.45, 2.75) is 17.5 Å². The standard InChI is InChI=1S/C3H9NS2/c1-2-3(4,5)6/h5-6H,2,4H2,1H3. The Balaban J connectivity index is 3.17. The highest BCUT2D eigenvalue weighted by molar-refractivity contribution is 8.00. The summed E-state index contributed by atoms with van der Waals surface area (Å²) < 4.78 is -0.569. The van der Waals surface area contributed by atoms with Gasteiger partial charge in [0.1, 0.15) is 4.20 Å². The monoisotopic (exact) mass is 123 g/mol. The van der Waals surface area contributed by atoms with Gasteiger partial charge in [0, 0.05) is 0 Å². The molecule has 38 valence electrons. The summed E-state index contributed by atoms with van der Waals surface area (Å²) in [6.45, 7) is 1.93. The first kappa shape index (κ1) is 6.66. The van der Waals surface area contributed by atoms with Gasteiger partial charge in [0.2, 0.25) is 0 Å². The molecule has 2 N–H and O–H groups in total. The molecule has 0 spiro atoms. The Labute approximate surface area is 49.1 Å². The van der Waals surface area contributed by atoms with E-state index in [2.05, 4.69) is 25.3 Å². The van der Waals surface area contributed by atoms with Crippen molar-refractivity contribution in [2.24, 2.45) is 5.73 Å². The van der Waals surface area contributed by atoms with Crippen LogP contribution in [0.1, 0.15) is 13.3 Å². The van der Waals surface area contributed by atoms with E-state index < -0.39 is 4.20 Å². The number of hydrogen-bond donors (Lipinski definition) is 3. The molecule has 0 saturated carbocycles. The van der Waals surface area contributed by atoms with Gasteiger partial charge in [-0.1, -0.05) is 6.92 Å². The molecule has 0 heterocycles. The van der Waals surface area contributed by atoms with Crippen LogP contribution in [0, 0.1) is 0 Å². The van der Waals surface area contributed by atoms with Crippen molar-refractivity contribution in [1.29, 1.82) is 0 Å². The van der Waals surface area contributed by atoms with Crippen molar-refractivity contribution in [3.05, 3.63) is 0 Å². The lowest BCUT2D eigenvalue weighted by atomic mass is 10.5. The summed E-state index contributed by atoms with van der Waals surface area (Å²) >= 11 is 7.79. The number of thiol groups is 2. The van der Waals surface area contributed by atoms with Crippen LogP contribution in [0.15, 0.2) is 0 Å². The fraction of sp³-hybridized carbons (Fsp3) is 1.00. The lowest BCUT2D eigenvalue weighted by Crippen LogP contribution is -2.23. The number of hydrogen-bond acceptors (Lipinski definition) is 3. The lowest BCUT2D eigenvalue weighted by molar-refractivity contribution is 0.822. The van der Waals surface area contributed by atoms with E-state index in [0.717, 1.165) is 6.42 Å². The quantitative estimate of drug-likeness (QED) is 0.350. The van der Waals surface area contributed by atoms with E-state index in [4.69, 9.17) is 5.73 Å². The largest absolute Gasteiger partial charge is 0.309 e. The predicted octanol–water partition coefficient (Wildman–Crippen LogP) is 0.868. The topological polar surface area (TPSA) is 26.0 Å². The van der Waals surface area contributed by atoms with E-state index in [1.165, 1.54) is 0 Å². The fourth-order valence-electron chi connectivity index (χ4n) is 0. The van der Waals surface area contributed by atoms with Crippen LogP contribution in [-0.2, 0) is 0 Å². The summed E-state index contributed by atoms with van der Waals surface area (Å²) in [7, 11) is 0. The Morgan fingerprint density at radius 1 is 1.67 bits per heavy atom. The average Bonchev–Trinajstić information content (AvgIpc) is 1.35. The fourth-order valence-corrected chi connectivity index (χ4v) is 0. The van der Waals surface area contributed by atoms with E-state index >= 15 is 0 Å². The van der Waals surface area contributed by atoms with Crippen LogP contribution in [0.4, 0.5) is 0 Å². The maximum atomic E-state index is 5.26. The molecule has 0 aromatic heterocycles. The Morgan fingerprint density at radius 3 is 1.83 bits per heavy atom. The highest BCUT2D eigenvalue weighted by Crippen LogP contribution is 2.13. The smallest absolute Gasteiger partial charge is 0.103 e. The summed E-state index contributed by atoms with van der Waals surface area (Å²) in [5.41, 5.74) is 5.26. The van der Waals surface area contributed by atoms with Crippen LogP contribution < -0.4 is 5.73 Å². The summed E-state index contributed by atoms with van der Waals surface area (Å²) in [4.78, 5) is 0. The first-order chi connectivity index (χ1) is 2.56. The molecule has 0 unspecified atom stereocenters. The molecule has 0 bridgehead atoms. The summed E-state index contributed by atoms with van der Waals surface area (Å²) in [5.74, 6) is 0. The Hall–Kier alpha value is 0.660. The van der Waals surface area contributed by atoms with Gasteiger partial charge in [-0.25, -0.2) is 0 Å². The van der Waals surface area contributed by atoms with Gasteiger partial charge in [0.05, 0.1) is 0 Å². The highest BCUT2D eigenvalue weighted by Gasteiger charge is 2.06. The molecule has 6 heavy (non-hydrogen) atoms. The second-order valence-electron chi connectivity index (χ2n) is 1.23. The van der Waals surface area contributed by atoms with Gasteiger partial charge in [0.15, 0.2) is 0 Å². The van der Waals surface area contributed by atoms with Crippen LogP contribution in [0.3, 0.4) is 0 Å². The molecule has 0 amide bonds. The normalized spacial score (nSPS) is 12.0. The SMILES string of the molecule is CCC(N)(S)S. The lowest BCUT2D eigenvalue weighted by Gasteiger charge is -2.10. The molecule has 0 aromatic rings. The van der Waals surface area contributed by atoms with Gasteiger partial charge in [-0.2, -0.15) is 0 Å². The summed E-state index contributed by atoms with van der Waals surface area (Å²) in [5, 5.41) is 0. The van der Waals surface area contributed by atoms with Crippen LogP contribution in [0.25, 0.3) is 0 Å². The van der Waals surface area contributed by atoms with Crippen molar-refractivity contribution < 1.29 is 0 Å². The third-order valence-corrected chi connectivity index (χ3v) is 1.15. The van der Waals surface area contributed by atoms with Crippen molar-refractivity contribution in [3.63, 3.8) is 0 Å². The van der Waals surface area contributed by atoms with Crippen molar-refractivity contribution in [1.82, 2.24) is 0 Å². The molecular formula is C3H9NS2. The first-order valence-corrected chi connectivity index (χ1v) is 2.69. The van der Waals surface area contributed by atoms with Crippen molar-refractivity contribution in [2.75, 3.05) is 0 Å². The zero-order valence-electron chi connectivity index (χ0n) is 3.68. The third-order valence-electron chi connectivity index (χ3n) is 0.520. The maximum absolute atomic E-state index is 5.26. The second kappa shape index (κ2) is 2.09. The minimum Gasteiger partial charge on any atom is -0.309 e. The molecule has 0 rings (SSSR count). The molecule has 3 heteroatoms. The van der Waals surface area contributed by atoms with Gasteiger partial charge in [0.25, 0.3) is 0 Å². The third kappa shape index (κ3) is 4.66. The van der Waals surface area contributed by atoms with Gasteiger partial charge < -0.3 is 5.73 Å². The van der Waals surface area contributed by atoms with Crippen LogP contribution >= 0.6 is 25.3 Å². The molecule has 0 radical (unpaired) electrons. The minimum atomic E-state index is -0.569. The van der Waals surface area contributed by atoms with E-state index in [-0.39, 0.29) is 0 Å². The Morgan fingerprint density at radius 2 is 1.83 bits per heavy atom. The predicted molar refractivity (Wildman–Crippen MR) is 35.2 cm³/mol. The van der Waals surface area contributed by atoms with Crippen LogP contribution in [-0.4, -0.2) is 4.20 Å². The van der Waals surface area contributed by atoms with Gasteiger partial charge in [-0.15, -0.1) is 25.3 Å². The molecule has 0 aliphatic carbocycles. The molecule has 0 saturated heterocycles. The average molecular weight is 123 g/mol. The molecule has 0 aliphatic rings. The van der Waals surface area contributed by atoms with Gasteiger partial charge in [-0.3, -0.25) is 0 Å². The summed E-state index contributed by atoms with van der Waals surface area (Å²) in [6.07, 6.45) is 0.777. The molecule has 1 nitrogen and oxygen atoms in total. The van der Waals surface area contributed by atoms with Crippen LogP contribution in [0.5, 0.6) is 0 Å². The van der Waals surface area contributed by atoms with Crippen molar-refractivity contribution in [3.8, 4) is 0 Å². The molecule has 0 aromatic carbocycles. The Bertz CT molecular complexity index is 38.5. The van der Waals surface area contributed by atoms with Crippen LogP contribution in [0.2, 0.25) is 0 Å². The van der Waals surface area contributed by atoms with E-state index in [1.807, 2.05) is 6.92 Å². The molecular weight excluding hydrogens is 114 g/mol. The highest BCUT2D eigenvalue weighted by atomic mass is 32.2. The molecule has 0 atom stereocenters. The summed E-state index contributed by atoms with van der Waals surface area (Å²) in [6, 6.07) is 0. The minimum absolute atomic E-state index is 0.569. The van der Waals surface area contributed by atoms with Crippen molar-refractivity contribution >= 4 is 25.3 Å². The Kier molecular flexibility index (Phi) is 2.33. The zero-order valence-corrected chi connectivity index (χ0v) is 5.47. The van der Waals surface area contributed by atoms with E-state index in [0.29, 0.717) is 0 Å². The molecule has 0 aliphatic heterocycles. The van der Waals surface area contributed by atoms with E-state index in [9.17, 15) is 0 Å². The zero-order chi connectivity index (χ0) is 5.21. The second-order valence-corrected chi connectivity index (χ2v) is 3.18. The van der Waals surface area contributed by atoms with Gasteiger partial charge >= 0.3 is 0 Å².